The highest BCUT2D eigenvalue weighted by molar-refractivity contribution is 7.22. The molecule has 1 aromatic carbocycles. The van der Waals surface area contributed by atoms with Crippen molar-refractivity contribution in [1.29, 1.82) is 5.26 Å². The van der Waals surface area contributed by atoms with Gasteiger partial charge in [-0.25, -0.2) is 9.97 Å². The zero-order valence-electron chi connectivity index (χ0n) is 15.9. The molecule has 4 aromatic rings. The predicted molar refractivity (Wildman–Crippen MR) is 114 cm³/mol. The van der Waals surface area contributed by atoms with Crippen molar-refractivity contribution in [2.24, 2.45) is 0 Å². The first-order valence-corrected chi connectivity index (χ1v) is 10.7. The summed E-state index contributed by atoms with van der Waals surface area (Å²) in [5, 5.41) is 23.6. The molecule has 5 rings (SSSR count). The molecule has 0 bridgehead atoms. The number of nitriles is 1. The maximum atomic E-state index is 10.2. The van der Waals surface area contributed by atoms with E-state index in [0.717, 1.165) is 58.8 Å². The van der Waals surface area contributed by atoms with Gasteiger partial charge in [-0.05, 0) is 42.7 Å². The van der Waals surface area contributed by atoms with Gasteiger partial charge in [-0.1, -0.05) is 30.2 Å². The molecule has 3 aromatic heterocycles. The third-order valence-corrected chi connectivity index (χ3v) is 6.54. The monoisotopic (exact) mass is 403 g/mol. The highest BCUT2D eigenvalue weighted by atomic mass is 32.1. The first-order chi connectivity index (χ1) is 14.2. The predicted octanol–water partition coefficient (Wildman–Crippen LogP) is 4.12. The van der Waals surface area contributed by atoms with Gasteiger partial charge in [0.25, 0.3) is 0 Å². The molecule has 2 N–H and O–H groups in total. The molecular formula is C22H21N5OS. The molecule has 0 amide bonds. The molecular weight excluding hydrogens is 382 g/mol. The molecule has 3 heterocycles. The molecule has 0 radical (unpaired) electrons. The average Bonchev–Trinajstić information content (AvgIpc) is 3.32. The van der Waals surface area contributed by atoms with Crippen LogP contribution in [0.4, 0.5) is 5.13 Å². The van der Waals surface area contributed by atoms with Gasteiger partial charge in [0.15, 0.2) is 5.13 Å². The molecule has 2 atom stereocenters. The minimum absolute atomic E-state index is 0.0974. The van der Waals surface area contributed by atoms with Gasteiger partial charge < -0.3 is 14.8 Å². The Kier molecular flexibility index (Phi) is 4.66. The zero-order valence-corrected chi connectivity index (χ0v) is 16.7. The van der Waals surface area contributed by atoms with Crippen LogP contribution in [-0.2, 0) is 6.42 Å². The number of nitrogens with zero attached hydrogens (tertiary/aromatic N) is 4. The molecule has 7 heteroatoms. The van der Waals surface area contributed by atoms with Gasteiger partial charge in [-0.15, -0.1) is 0 Å². The van der Waals surface area contributed by atoms with E-state index in [1.807, 2.05) is 22.9 Å². The standard InChI is InChI=1S/C22H21N5OS/c23-12-15-7-8-27-16(13-24-21(27)11-15)9-14-5-6-18-20(10-14)29-22(26-18)25-17-3-1-2-4-19(17)28/h5-8,10-11,13,17,19,28H,1-4,9H2,(H,25,26)/t17-,19-/m1/s1. The number of fused-ring (bicyclic) bond motifs is 2. The van der Waals surface area contributed by atoms with Crippen LogP contribution in [0.25, 0.3) is 15.9 Å². The summed E-state index contributed by atoms with van der Waals surface area (Å²) in [7, 11) is 0. The maximum Gasteiger partial charge on any atom is 0.184 e. The van der Waals surface area contributed by atoms with Crippen LogP contribution in [0.5, 0.6) is 0 Å². The third-order valence-electron chi connectivity index (χ3n) is 5.60. The second kappa shape index (κ2) is 7.47. The maximum absolute atomic E-state index is 10.2. The van der Waals surface area contributed by atoms with Crippen molar-refractivity contribution in [1.82, 2.24) is 14.4 Å². The molecule has 6 nitrogen and oxygen atoms in total. The highest BCUT2D eigenvalue weighted by Gasteiger charge is 2.23. The lowest BCUT2D eigenvalue weighted by Gasteiger charge is -2.27. The smallest absolute Gasteiger partial charge is 0.184 e. The van der Waals surface area contributed by atoms with Gasteiger partial charge in [0.1, 0.15) is 5.65 Å². The number of thiazole rings is 1. The summed E-state index contributed by atoms with van der Waals surface area (Å²) >= 11 is 1.64. The van der Waals surface area contributed by atoms with E-state index in [2.05, 4.69) is 34.6 Å². The van der Waals surface area contributed by atoms with Crippen LogP contribution in [0.15, 0.2) is 42.7 Å². The molecule has 29 heavy (non-hydrogen) atoms. The van der Waals surface area contributed by atoms with E-state index in [1.54, 1.807) is 17.4 Å². The Morgan fingerprint density at radius 1 is 1.24 bits per heavy atom. The van der Waals surface area contributed by atoms with Crippen LogP contribution in [0, 0.1) is 11.3 Å². The Morgan fingerprint density at radius 2 is 2.14 bits per heavy atom. The van der Waals surface area contributed by atoms with Crippen LogP contribution >= 0.6 is 11.3 Å². The number of nitrogens with one attached hydrogen (secondary N) is 1. The average molecular weight is 404 g/mol. The van der Waals surface area contributed by atoms with Crippen LogP contribution < -0.4 is 5.32 Å². The zero-order chi connectivity index (χ0) is 19.8. The minimum Gasteiger partial charge on any atom is -0.391 e. The van der Waals surface area contributed by atoms with Crippen molar-refractivity contribution in [3.8, 4) is 6.07 Å². The second-order valence-corrected chi connectivity index (χ2v) is 8.64. The van der Waals surface area contributed by atoms with E-state index >= 15 is 0 Å². The van der Waals surface area contributed by atoms with Crippen LogP contribution in [0.1, 0.15) is 42.5 Å². The molecule has 0 unspecified atom stereocenters. The number of rotatable bonds is 4. The Morgan fingerprint density at radius 3 is 3.00 bits per heavy atom. The number of anilines is 1. The lowest BCUT2D eigenvalue weighted by molar-refractivity contribution is 0.116. The molecule has 1 fully saturated rings. The van der Waals surface area contributed by atoms with Gasteiger partial charge in [0.2, 0.25) is 0 Å². The van der Waals surface area contributed by atoms with Crippen LogP contribution in [0.3, 0.4) is 0 Å². The SMILES string of the molecule is N#Cc1ccn2c(Cc3ccc4nc(N[C@@H]5CCCC[C@H]5O)sc4c3)cnc2c1. The molecule has 1 aliphatic carbocycles. The Labute approximate surface area is 172 Å². The first-order valence-electron chi connectivity index (χ1n) is 9.90. The van der Waals surface area contributed by atoms with Crippen LogP contribution in [-0.4, -0.2) is 31.6 Å². The normalized spacial score (nSPS) is 19.4. The summed E-state index contributed by atoms with van der Waals surface area (Å²) in [6, 6.07) is 12.2. The highest BCUT2D eigenvalue weighted by Crippen LogP contribution is 2.30. The van der Waals surface area contributed by atoms with Gasteiger partial charge in [-0.2, -0.15) is 5.26 Å². The lowest BCUT2D eigenvalue weighted by Crippen LogP contribution is -2.36. The summed E-state index contributed by atoms with van der Waals surface area (Å²) < 4.78 is 3.16. The number of hydrogen-bond donors (Lipinski definition) is 2. The van der Waals surface area contributed by atoms with E-state index in [9.17, 15) is 5.11 Å². The topological polar surface area (TPSA) is 86.2 Å². The van der Waals surface area contributed by atoms with E-state index in [0.29, 0.717) is 5.56 Å². The third kappa shape index (κ3) is 3.57. The fourth-order valence-electron chi connectivity index (χ4n) is 4.02. The van der Waals surface area contributed by atoms with Crippen molar-refractivity contribution in [3.05, 3.63) is 59.5 Å². The van der Waals surface area contributed by atoms with E-state index in [-0.39, 0.29) is 12.1 Å². The van der Waals surface area contributed by atoms with Crippen molar-refractivity contribution in [3.63, 3.8) is 0 Å². The van der Waals surface area contributed by atoms with Crippen molar-refractivity contribution >= 4 is 32.3 Å². The lowest BCUT2D eigenvalue weighted by atomic mass is 9.93. The number of pyridine rings is 1. The molecule has 146 valence electrons. The van der Waals surface area contributed by atoms with Gasteiger partial charge in [0.05, 0.1) is 34.0 Å². The number of hydrogen-bond acceptors (Lipinski definition) is 6. The van der Waals surface area contributed by atoms with Gasteiger partial charge >= 0.3 is 0 Å². The number of imidazole rings is 1. The Hall–Kier alpha value is -2.95. The summed E-state index contributed by atoms with van der Waals surface area (Å²) in [4.78, 5) is 9.13. The van der Waals surface area contributed by atoms with Crippen molar-refractivity contribution in [2.75, 3.05) is 5.32 Å². The summed E-state index contributed by atoms with van der Waals surface area (Å²) in [5.74, 6) is 0. The number of benzene rings is 1. The molecule has 0 aliphatic heterocycles. The van der Waals surface area contributed by atoms with Crippen molar-refractivity contribution < 1.29 is 5.11 Å². The fraction of sp³-hybridized carbons (Fsp3) is 0.318. The van der Waals surface area contributed by atoms with E-state index in [1.165, 1.54) is 5.56 Å². The number of aromatic nitrogens is 3. The Balaban J connectivity index is 1.38. The number of aliphatic hydroxyl groups is 1. The largest absolute Gasteiger partial charge is 0.391 e. The van der Waals surface area contributed by atoms with Gasteiger partial charge in [-0.3, -0.25) is 0 Å². The minimum atomic E-state index is -0.289. The quantitative estimate of drug-likeness (QED) is 0.535. The second-order valence-electron chi connectivity index (χ2n) is 7.61. The van der Waals surface area contributed by atoms with Gasteiger partial charge in [0, 0.05) is 24.5 Å². The van der Waals surface area contributed by atoms with Crippen LogP contribution in [0.2, 0.25) is 0 Å². The summed E-state index contributed by atoms with van der Waals surface area (Å²) in [6.45, 7) is 0. The molecule has 1 saturated carbocycles. The fourth-order valence-corrected chi connectivity index (χ4v) is 5.01. The van der Waals surface area contributed by atoms with E-state index in [4.69, 9.17) is 10.2 Å². The molecule has 0 spiro atoms. The summed E-state index contributed by atoms with van der Waals surface area (Å²) in [5.41, 5.74) is 4.65. The van der Waals surface area contributed by atoms with Crippen molar-refractivity contribution in [2.45, 2.75) is 44.2 Å². The molecule has 0 saturated heterocycles. The summed E-state index contributed by atoms with van der Waals surface area (Å²) in [6.07, 6.45) is 8.34. The Bertz CT molecular complexity index is 1220. The van der Waals surface area contributed by atoms with E-state index < -0.39 is 0 Å². The first kappa shape index (κ1) is 18.1. The number of aliphatic hydroxyl groups excluding tert-OH is 1. The molecule has 1 aliphatic rings.